The Balaban J connectivity index is 1.58. The number of amides is 1. The molecule has 0 fully saturated rings. The smallest absolute Gasteiger partial charge is 0.231 e. The normalized spacial score (nSPS) is 13.4. The van der Waals surface area contributed by atoms with Crippen molar-refractivity contribution in [1.29, 1.82) is 0 Å². The molecule has 0 unspecified atom stereocenters. The highest BCUT2D eigenvalue weighted by Gasteiger charge is 2.20. The van der Waals surface area contributed by atoms with Crippen LogP contribution in [0.15, 0.2) is 42.5 Å². The molecular formula is C23H30N2O4. The van der Waals surface area contributed by atoms with Crippen LogP contribution < -0.4 is 19.5 Å². The third kappa shape index (κ3) is 5.41. The number of fused-ring (bicyclic) bond motifs is 1. The van der Waals surface area contributed by atoms with Crippen molar-refractivity contribution in [2.45, 2.75) is 32.7 Å². The number of methoxy groups -OCH3 is 1. The molecule has 1 amide bonds. The molecule has 2 aromatic rings. The van der Waals surface area contributed by atoms with Crippen LogP contribution in [0.25, 0.3) is 0 Å². The zero-order chi connectivity index (χ0) is 20.6. The number of nitrogens with zero attached hydrogens (tertiary/aromatic N) is 1. The van der Waals surface area contributed by atoms with Gasteiger partial charge in [-0.3, -0.25) is 9.69 Å². The molecule has 1 heterocycles. The number of aryl methyl sites for hydroxylation is 1. The zero-order valence-electron chi connectivity index (χ0n) is 17.4. The minimum absolute atomic E-state index is 0.0442. The lowest BCUT2D eigenvalue weighted by Gasteiger charge is -2.30. The number of nitrogens with one attached hydrogen (secondary N) is 1. The second-order valence-electron chi connectivity index (χ2n) is 7.01. The first-order chi connectivity index (χ1) is 14.1. The van der Waals surface area contributed by atoms with E-state index in [1.807, 2.05) is 36.4 Å². The van der Waals surface area contributed by atoms with Gasteiger partial charge in [0, 0.05) is 13.0 Å². The van der Waals surface area contributed by atoms with E-state index in [9.17, 15) is 4.79 Å². The Kier molecular flexibility index (Phi) is 7.36. The second kappa shape index (κ2) is 10.2. The molecule has 3 rings (SSSR count). The number of carbonyl (C=O) groups is 1. The van der Waals surface area contributed by atoms with E-state index in [1.54, 1.807) is 7.11 Å². The summed E-state index contributed by atoms with van der Waals surface area (Å²) in [5.41, 5.74) is 2.21. The molecule has 2 aromatic carbocycles. The highest BCUT2D eigenvalue weighted by Crippen LogP contribution is 2.32. The highest BCUT2D eigenvalue weighted by atomic mass is 16.7. The Morgan fingerprint density at radius 1 is 1.14 bits per heavy atom. The summed E-state index contributed by atoms with van der Waals surface area (Å²) in [6, 6.07) is 14.0. The van der Waals surface area contributed by atoms with Crippen molar-refractivity contribution in [2.75, 3.05) is 33.5 Å². The summed E-state index contributed by atoms with van der Waals surface area (Å²) in [6.45, 7) is 6.91. The Hall–Kier alpha value is -2.73. The Bertz CT molecular complexity index is 820. The average molecular weight is 399 g/mol. The van der Waals surface area contributed by atoms with Gasteiger partial charge in [-0.2, -0.15) is 0 Å². The summed E-state index contributed by atoms with van der Waals surface area (Å²) in [7, 11) is 1.67. The van der Waals surface area contributed by atoms with Crippen molar-refractivity contribution < 1.29 is 19.0 Å². The van der Waals surface area contributed by atoms with Gasteiger partial charge in [0.15, 0.2) is 11.5 Å². The monoisotopic (exact) mass is 398 g/mol. The van der Waals surface area contributed by atoms with Gasteiger partial charge < -0.3 is 19.5 Å². The summed E-state index contributed by atoms with van der Waals surface area (Å²) >= 11 is 0. The summed E-state index contributed by atoms with van der Waals surface area (Å²) in [5.74, 6) is 2.39. The molecule has 0 bridgehead atoms. The minimum atomic E-state index is 0.0442. The molecule has 1 atom stereocenters. The molecule has 1 aliphatic rings. The van der Waals surface area contributed by atoms with E-state index in [4.69, 9.17) is 14.2 Å². The molecule has 0 spiro atoms. The standard InChI is InChI=1S/C23H30N2O4/c1-4-25(5-2)20(18-7-6-8-19(14-18)27-3)15-24-23(26)12-10-17-9-11-21-22(13-17)29-16-28-21/h6-9,11,13-14,20H,4-5,10,12,15-16H2,1-3H3,(H,24,26)/t20-/m1/s1. The van der Waals surface area contributed by atoms with Crippen molar-refractivity contribution in [1.82, 2.24) is 10.2 Å². The summed E-state index contributed by atoms with van der Waals surface area (Å²) in [5, 5.41) is 3.11. The van der Waals surface area contributed by atoms with Crippen LogP contribution in [0.5, 0.6) is 17.2 Å². The van der Waals surface area contributed by atoms with E-state index in [0.717, 1.165) is 41.5 Å². The summed E-state index contributed by atoms with van der Waals surface area (Å²) < 4.78 is 16.1. The molecule has 6 heteroatoms. The van der Waals surface area contributed by atoms with Gasteiger partial charge in [-0.15, -0.1) is 0 Å². The van der Waals surface area contributed by atoms with Gasteiger partial charge >= 0.3 is 0 Å². The van der Waals surface area contributed by atoms with Gasteiger partial charge in [0.05, 0.1) is 13.2 Å². The van der Waals surface area contributed by atoms with E-state index in [1.165, 1.54) is 0 Å². The molecule has 1 N–H and O–H groups in total. The van der Waals surface area contributed by atoms with Crippen LogP contribution in [0.3, 0.4) is 0 Å². The Morgan fingerprint density at radius 2 is 1.93 bits per heavy atom. The van der Waals surface area contributed by atoms with Gasteiger partial charge in [0.2, 0.25) is 12.7 Å². The maximum absolute atomic E-state index is 12.5. The first kappa shape index (κ1) is 21.0. The fraction of sp³-hybridized carbons (Fsp3) is 0.435. The second-order valence-corrected chi connectivity index (χ2v) is 7.01. The lowest BCUT2D eigenvalue weighted by Crippen LogP contribution is -2.38. The first-order valence-electron chi connectivity index (χ1n) is 10.2. The molecular weight excluding hydrogens is 368 g/mol. The largest absolute Gasteiger partial charge is 0.497 e. The van der Waals surface area contributed by atoms with Crippen molar-refractivity contribution in [2.24, 2.45) is 0 Å². The number of ether oxygens (including phenoxy) is 3. The zero-order valence-corrected chi connectivity index (χ0v) is 17.4. The number of rotatable bonds is 10. The Labute approximate surface area is 172 Å². The number of hydrogen-bond acceptors (Lipinski definition) is 5. The van der Waals surface area contributed by atoms with Gasteiger partial charge in [0.1, 0.15) is 5.75 Å². The van der Waals surface area contributed by atoms with E-state index in [0.29, 0.717) is 19.4 Å². The maximum Gasteiger partial charge on any atom is 0.231 e. The van der Waals surface area contributed by atoms with Crippen molar-refractivity contribution >= 4 is 5.91 Å². The maximum atomic E-state index is 12.5. The van der Waals surface area contributed by atoms with Crippen LogP contribution >= 0.6 is 0 Å². The number of hydrogen-bond donors (Lipinski definition) is 1. The fourth-order valence-corrected chi connectivity index (χ4v) is 3.62. The van der Waals surface area contributed by atoms with E-state index >= 15 is 0 Å². The first-order valence-corrected chi connectivity index (χ1v) is 10.2. The third-order valence-corrected chi connectivity index (χ3v) is 5.30. The summed E-state index contributed by atoms with van der Waals surface area (Å²) in [6.07, 6.45) is 1.10. The van der Waals surface area contributed by atoms with E-state index < -0.39 is 0 Å². The average Bonchev–Trinajstić information content (AvgIpc) is 3.23. The SMILES string of the molecule is CCN(CC)[C@H](CNC(=O)CCc1ccc2c(c1)OCO2)c1cccc(OC)c1. The molecule has 6 nitrogen and oxygen atoms in total. The van der Waals surface area contributed by atoms with Crippen molar-refractivity contribution in [3.8, 4) is 17.2 Å². The lowest BCUT2D eigenvalue weighted by atomic mass is 10.0. The molecule has 0 saturated carbocycles. The van der Waals surface area contributed by atoms with Gasteiger partial charge in [0.25, 0.3) is 0 Å². The van der Waals surface area contributed by atoms with E-state index in [2.05, 4.69) is 30.1 Å². The van der Waals surface area contributed by atoms with Crippen LogP contribution in [0.4, 0.5) is 0 Å². The molecule has 0 aliphatic carbocycles. The van der Waals surface area contributed by atoms with Crippen LogP contribution in [-0.4, -0.2) is 44.3 Å². The third-order valence-electron chi connectivity index (χ3n) is 5.30. The number of carbonyl (C=O) groups excluding carboxylic acids is 1. The van der Waals surface area contributed by atoms with Crippen LogP contribution in [0.2, 0.25) is 0 Å². The Morgan fingerprint density at radius 3 is 2.69 bits per heavy atom. The lowest BCUT2D eigenvalue weighted by molar-refractivity contribution is -0.121. The molecule has 1 aliphatic heterocycles. The van der Waals surface area contributed by atoms with Crippen molar-refractivity contribution in [3.05, 3.63) is 53.6 Å². The topological polar surface area (TPSA) is 60.0 Å². The van der Waals surface area contributed by atoms with Gasteiger partial charge in [-0.1, -0.05) is 32.0 Å². The minimum Gasteiger partial charge on any atom is -0.497 e. The molecule has 0 saturated heterocycles. The fourth-order valence-electron chi connectivity index (χ4n) is 3.62. The van der Waals surface area contributed by atoms with Crippen LogP contribution in [-0.2, 0) is 11.2 Å². The quantitative estimate of drug-likeness (QED) is 0.663. The molecule has 156 valence electrons. The molecule has 0 aromatic heterocycles. The predicted octanol–water partition coefficient (Wildman–Crippen LogP) is 3.56. The van der Waals surface area contributed by atoms with Crippen molar-refractivity contribution in [3.63, 3.8) is 0 Å². The van der Waals surface area contributed by atoms with E-state index in [-0.39, 0.29) is 18.7 Å². The number of benzene rings is 2. The van der Waals surface area contributed by atoms with Crippen LogP contribution in [0, 0.1) is 0 Å². The van der Waals surface area contributed by atoms with Gasteiger partial charge in [-0.05, 0) is 54.9 Å². The molecule has 0 radical (unpaired) electrons. The van der Waals surface area contributed by atoms with Crippen LogP contribution in [0.1, 0.15) is 37.4 Å². The molecule has 29 heavy (non-hydrogen) atoms. The van der Waals surface area contributed by atoms with Gasteiger partial charge in [-0.25, -0.2) is 0 Å². The summed E-state index contributed by atoms with van der Waals surface area (Å²) in [4.78, 5) is 14.8. The number of likely N-dealkylation sites (N-methyl/N-ethyl adjacent to an activating group) is 1. The predicted molar refractivity (Wildman–Crippen MR) is 113 cm³/mol. The highest BCUT2D eigenvalue weighted by molar-refractivity contribution is 5.76.